The molecule has 0 bridgehead atoms. The van der Waals surface area contributed by atoms with E-state index in [-0.39, 0.29) is 10.9 Å². The summed E-state index contributed by atoms with van der Waals surface area (Å²) in [7, 11) is -3.82. The van der Waals surface area contributed by atoms with Crippen LogP contribution in [0.4, 0.5) is 0 Å². The van der Waals surface area contributed by atoms with Gasteiger partial charge in [-0.05, 0) is 31.5 Å². The first kappa shape index (κ1) is 21.6. The van der Waals surface area contributed by atoms with Crippen LogP contribution in [0.25, 0.3) is 22.1 Å². The van der Waals surface area contributed by atoms with E-state index in [1.54, 1.807) is 49.5 Å². The predicted octanol–water partition coefficient (Wildman–Crippen LogP) is 2.84. The standard InChI is InChI=1S/C23H24N6O3S/c1-16(30)22-26-20-14-25-23-19(9-13-28(23)33(31,32)18-6-3-2-4-7-18)21(20)29(22)17-8-12-27(15-17)11-5-10-24/h2-4,6-7,9,13-14,16-17,30H,5,8,11-12,15H2,1H3/t16-,17+/m1/s1. The highest BCUT2D eigenvalue weighted by atomic mass is 32.2. The zero-order valence-electron chi connectivity index (χ0n) is 18.2. The molecule has 2 atom stereocenters. The van der Waals surface area contributed by atoms with Gasteiger partial charge in [0.1, 0.15) is 17.4 Å². The molecule has 1 fully saturated rings. The Morgan fingerprint density at radius 3 is 2.79 bits per heavy atom. The van der Waals surface area contributed by atoms with Gasteiger partial charge < -0.3 is 14.6 Å². The molecule has 1 N–H and O–H groups in total. The van der Waals surface area contributed by atoms with Crippen molar-refractivity contribution in [1.29, 1.82) is 5.26 Å². The molecule has 4 aromatic rings. The van der Waals surface area contributed by atoms with Crippen molar-refractivity contribution in [1.82, 2.24) is 23.4 Å². The molecule has 0 unspecified atom stereocenters. The number of aromatic nitrogens is 4. The van der Waals surface area contributed by atoms with Crippen LogP contribution in [0.2, 0.25) is 0 Å². The number of likely N-dealkylation sites (tertiary alicyclic amines) is 1. The molecule has 4 heterocycles. The van der Waals surface area contributed by atoms with E-state index in [1.165, 1.54) is 10.2 Å². The van der Waals surface area contributed by atoms with Gasteiger partial charge in [-0.25, -0.2) is 22.4 Å². The summed E-state index contributed by atoms with van der Waals surface area (Å²) in [6.07, 6.45) is 3.61. The Kier molecular flexibility index (Phi) is 5.40. The lowest BCUT2D eigenvalue weighted by Crippen LogP contribution is -2.23. The van der Waals surface area contributed by atoms with Crippen molar-refractivity contribution in [2.24, 2.45) is 0 Å². The number of rotatable bonds is 6. The molecule has 0 radical (unpaired) electrons. The number of aliphatic hydroxyl groups is 1. The van der Waals surface area contributed by atoms with Crippen LogP contribution < -0.4 is 0 Å². The summed E-state index contributed by atoms with van der Waals surface area (Å²) in [5.74, 6) is 0.532. The van der Waals surface area contributed by atoms with Crippen molar-refractivity contribution in [2.45, 2.75) is 36.8 Å². The molecule has 5 rings (SSSR count). The Morgan fingerprint density at radius 1 is 1.27 bits per heavy atom. The minimum Gasteiger partial charge on any atom is -0.385 e. The van der Waals surface area contributed by atoms with Gasteiger partial charge in [-0.2, -0.15) is 5.26 Å². The zero-order chi connectivity index (χ0) is 23.2. The van der Waals surface area contributed by atoms with Crippen molar-refractivity contribution in [3.05, 3.63) is 54.6 Å². The van der Waals surface area contributed by atoms with E-state index >= 15 is 0 Å². The number of benzene rings is 1. The largest absolute Gasteiger partial charge is 0.385 e. The van der Waals surface area contributed by atoms with Crippen LogP contribution in [-0.2, 0) is 10.0 Å². The third-order valence-electron chi connectivity index (χ3n) is 6.18. The monoisotopic (exact) mass is 464 g/mol. The van der Waals surface area contributed by atoms with Gasteiger partial charge in [-0.3, -0.25) is 0 Å². The molecule has 0 aliphatic carbocycles. The average Bonchev–Trinajstić information content (AvgIpc) is 3.53. The van der Waals surface area contributed by atoms with Crippen molar-refractivity contribution in [2.75, 3.05) is 19.6 Å². The van der Waals surface area contributed by atoms with Gasteiger partial charge in [-0.1, -0.05) is 18.2 Å². The number of pyridine rings is 1. The van der Waals surface area contributed by atoms with Crippen LogP contribution in [0.5, 0.6) is 0 Å². The lowest BCUT2D eigenvalue weighted by Gasteiger charge is -2.19. The van der Waals surface area contributed by atoms with Crippen LogP contribution in [0.15, 0.2) is 53.7 Å². The zero-order valence-corrected chi connectivity index (χ0v) is 19.0. The second kappa shape index (κ2) is 8.26. The highest BCUT2D eigenvalue weighted by Gasteiger charge is 2.30. The Balaban J connectivity index is 1.67. The fourth-order valence-corrected chi connectivity index (χ4v) is 5.99. The molecule has 10 heteroatoms. The number of aliphatic hydroxyl groups excluding tert-OH is 1. The fraction of sp³-hybridized carbons (Fsp3) is 0.348. The number of fused-ring (bicyclic) bond motifs is 3. The van der Waals surface area contributed by atoms with Gasteiger partial charge in [0.2, 0.25) is 0 Å². The van der Waals surface area contributed by atoms with Crippen molar-refractivity contribution in [3.63, 3.8) is 0 Å². The van der Waals surface area contributed by atoms with E-state index in [2.05, 4.69) is 20.9 Å². The summed E-state index contributed by atoms with van der Waals surface area (Å²) in [5, 5.41) is 20.1. The summed E-state index contributed by atoms with van der Waals surface area (Å²) in [4.78, 5) is 11.5. The second-order valence-corrected chi connectivity index (χ2v) is 10.1. The van der Waals surface area contributed by atoms with Crippen LogP contribution in [0.3, 0.4) is 0 Å². The molecular weight excluding hydrogens is 440 g/mol. The summed E-state index contributed by atoms with van der Waals surface area (Å²) >= 11 is 0. The van der Waals surface area contributed by atoms with Gasteiger partial charge >= 0.3 is 0 Å². The molecule has 3 aromatic heterocycles. The maximum absolute atomic E-state index is 13.3. The fourth-order valence-electron chi connectivity index (χ4n) is 4.66. The lowest BCUT2D eigenvalue weighted by atomic mass is 10.2. The lowest BCUT2D eigenvalue weighted by molar-refractivity contribution is 0.181. The Morgan fingerprint density at radius 2 is 2.06 bits per heavy atom. The van der Waals surface area contributed by atoms with Crippen molar-refractivity contribution < 1.29 is 13.5 Å². The van der Waals surface area contributed by atoms with Crippen LogP contribution in [0, 0.1) is 11.3 Å². The quantitative estimate of drug-likeness (QED) is 0.466. The Labute approximate surface area is 191 Å². The second-order valence-electron chi connectivity index (χ2n) is 8.33. The third kappa shape index (κ3) is 3.58. The average molecular weight is 465 g/mol. The maximum Gasteiger partial charge on any atom is 0.269 e. The number of nitrogens with zero attached hydrogens (tertiary/aromatic N) is 6. The van der Waals surface area contributed by atoms with Crippen LogP contribution in [-0.4, -0.2) is 56.6 Å². The normalized spacial score (nSPS) is 18.2. The number of hydrogen-bond donors (Lipinski definition) is 1. The summed E-state index contributed by atoms with van der Waals surface area (Å²) in [6, 6.07) is 12.3. The Bertz CT molecular complexity index is 1470. The first-order valence-electron chi connectivity index (χ1n) is 10.9. The molecule has 170 valence electrons. The Hall–Kier alpha value is -3.26. The summed E-state index contributed by atoms with van der Waals surface area (Å²) in [5.41, 5.74) is 1.71. The number of hydrogen-bond acceptors (Lipinski definition) is 7. The minimum atomic E-state index is -3.82. The van der Waals surface area contributed by atoms with Crippen LogP contribution in [0.1, 0.15) is 37.7 Å². The summed E-state index contributed by atoms with van der Waals surface area (Å²) in [6.45, 7) is 3.96. The highest BCUT2D eigenvalue weighted by molar-refractivity contribution is 7.90. The predicted molar refractivity (Wildman–Crippen MR) is 123 cm³/mol. The topological polar surface area (TPSA) is 117 Å². The van der Waals surface area contributed by atoms with Crippen molar-refractivity contribution >= 4 is 32.1 Å². The molecule has 0 spiro atoms. The van der Waals surface area contributed by atoms with E-state index in [0.717, 1.165) is 25.0 Å². The van der Waals surface area contributed by atoms with E-state index in [4.69, 9.17) is 5.26 Å². The molecule has 0 amide bonds. The molecule has 9 nitrogen and oxygen atoms in total. The maximum atomic E-state index is 13.3. The third-order valence-corrected chi connectivity index (χ3v) is 7.86. The molecule has 0 saturated carbocycles. The molecule has 1 aliphatic heterocycles. The molecule has 1 saturated heterocycles. The molecular formula is C23H24N6O3S. The van der Waals surface area contributed by atoms with Gasteiger partial charge in [0.25, 0.3) is 10.0 Å². The van der Waals surface area contributed by atoms with E-state index in [9.17, 15) is 13.5 Å². The van der Waals surface area contributed by atoms with Crippen molar-refractivity contribution in [3.8, 4) is 6.07 Å². The van der Waals surface area contributed by atoms with Crippen LogP contribution >= 0.6 is 0 Å². The molecule has 1 aromatic carbocycles. The van der Waals surface area contributed by atoms with Gasteiger partial charge in [0, 0.05) is 43.7 Å². The molecule has 33 heavy (non-hydrogen) atoms. The number of nitriles is 1. The van der Waals surface area contributed by atoms with Gasteiger partial charge in [0.05, 0.1) is 22.7 Å². The van der Waals surface area contributed by atoms with E-state index in [0.29, 0.717) is 35.3 Å². The van der Waals surface area contributed by atoms with Gasteiger partial charge in [-0.15, -0.1) is 0 Å². The SMILES string of the molecule is C[C@@H](O)c1nc2cnc3c(ccn3S(=O)(=O)c3ccccc3)c2n1[C@H]1CCN(CCC#N)C1. The first-order valence-corrected chi connectivity index (χ1v) is 12.3. The highest BCUT2D eigenvalue weighted by Crippen LogP contribution is 2.35. The number of imidazole rings is 1. The smallest absolute Gasteiger partial charge is 0.269 e. The van der Waals surface area contributed by atoms with E-state index in [1.807, 2.05) is 4.57 Å². The van der Waals surface area contributed by atoms with Gasteiger partial charge in [0.15, 0.2) is 5.65 Å². The van der Waals surface area contributed by atoms with E-state index < -0.39 is 16.1 Å². The summed E-state index contributed by atoms with van der Waals surface area (Å²) < 4.78 is 29.8. The first-order chi connectivity index (χ1) is 15.9. The molecule has 1 aliphatic rings. The minimum absolute atomic E-state index is 0.0537.